The summed E-state index contributed by atoms with van der Waals surface area (Å²) in [7, 11) is -3.35. The van der Waals surface area contributed by atoms with Gasteiger partial charge in [0, 0.05) is 10.9 Å². The summed E-state index contributed by atoms with van der Waals surface area (Å²) in [6.07, 6.45) is 0. The number of sulfone groups is 1. The molecule has 7 nitrogen and oxygen atoms in total. The number of hydrogen-bond donors (Lipinski definition) is 1. The molecule has 0 bridgehead atoms. The van der Waals surface area contributed by atoms with Gasteiger partial charge in [-0.05, 0) is 43.3 Å². The first-order valence-electron chi connectivity index (χ1n) is 8.70. The SMILES string of the molecule is CCOC(=O)c1oc2ccccc2c1NC(=O)c1ccc(S(=O)(=O)CC)cc1. The van der Waals surface area contributed by atoms with Crippen molar-refractivity contribution in [1.82, 2.24) is 0 Å². The summed E-state index contributed by atoms with van der Waals surface area (Å²) < 4.78 is 34.4. The summed E-state index contributed by atoms with van der Waals surface area (Å²) in [5, 5.41) is 3.24. The molecule has 1 N–H and O–H groups in total. The largest absolute Gasteiger partial charge is 0.460 e. The van der Waals surface area contributed by atoms with Crippen molar-refractivity contribution < 1.29 is 27.2 Å². The van der Waals surface area contributed by atoms with E-state index < -0.39 is 21.7 Å². The third kappa shape index (κ3) is 3.77. The monoisotopic (exact) mass is 401 g/mol. The molecule has 146 valence electrons. The van der Waals surface area contributed by atoms with Crippen molar-refractivity contribution in [2.75, 3.05) is 17.7 Å². The van der Waals surface area contributed by atoms with Crippen LogP contribution in [0.25, 0.3) is 11.0 Å². The molecule has 0 aliphatic carbocycles. The number of hydrogen-bond acceptors (Lipinski definition) is 6. The van der Waals surface area contributed by atoms with Crippen LogP contribution in [0.3, 0.4) is 0 Å². The number of furan rings is 1. The molecule has 1 heterocycles. The predicted octanol–water partition coefficient (Wildman–Crippen LogP) is 3.66. The Bertz CT molecular complexity index is 1130. The molecule has 28 heavy (non-hydrogen) atoms. The minimum absolute atomic E-state index is 0.0253. The predicted molar refractivity (Wildman–Crippen MR) is 104 cm³/mol. The highest BCUT2D eigenvalue weighted by atomic mass is 32.2. The van der Waals surface area contributed by atoms with Gasteiger partial charge in [0.1, 0.15) is 11.3 Å². The summed E-state index contributed by atoms with van der Waals surface area (Å²) in [6, 6.07) is 12.5. The molecular weight excluding hydrogens is 382 g/mol. The Morgan fingerprint density at radius 3 is 2.36 bits per heavy atom. The quantitative estimate of drug-likeness (QED) is 0.633. The van der Waals surface area contributed by atoms with Gasteiger partial charge in [-0.15, -0.1) is 0 Å². The van der Waals surface area contributed by atoms with E-state index in [0.717, 1.165) is 0 Å². The van der Waals surface area contributed by atoms with Crippen LogP contribution < -0.4 is 5.32 Å². The minimum atomic E-state index is -3.35. The lowest BCUT2D eigenvalue weighted by molar-refractivity contribution is 0.0494. The fourth-order valence-corrected chi connectivity index (χ4v) is 3.56. The Morgan fingerprint density at radius 2 is 1.71 bits per heavy atom. The van der Waals surface area contributed by atoms with Crippen LogP contribution in [0, 0.1) is 0 Å². The molecule has 3 aromatic rings. The van der Waals surface area contributed by atoms with E-state index in [4.69, 9.17) is 9.15 Å². The number of rotatable bonds is 6. The number of amides is 1. The maximum absolute atomic E-state index is 12.7. The van der Waals surface area contributed by atoms with Crippen molar-refractivity contribution in [2.45, 2.75) is 18.7 Å². The highest BCUT2D eigenvalue weighted by Crippen LogP contribution is 2.32. The highest BCUT2D eigenvalue weighted by Gasteiger charge is 2.23. The maximum atomic E-state index is 12.7. The number of carbonyl (C=O) groups is 2. The first-order chi connectivity index (χ1) is 13.4. The summed E-state index contributed by atoms with van der Waals surface area (Å²) >= 11 is 0. The van der Waals surface area contributed by atoms with Crippen LogP contribution in [0.2, 0.25) is 0 Å². The number of ether oxygens (including phenoxy) is 1. The van der Waals surface area contributed by atoms with E-state index in [1.807, 2.05) is 0 Å². The third-order valence-electron chi connectivity index (χ3n) is 4.15. The zero-order valence-corrected chi connectivity index (χ0v) is 16.2. The van der Waals surface area contributed by atoms with E-state index in [2.05, 4.69) is 5.32 Å². The second-order valence-corrected chi connectivity index (χ2v) is 8.18. The molecule has 0 saturated carbocycles. The van der Waals surface area contributed by atoms with E-state index in [1.54, 1.807) is 38.1 Å². The molecule has 1 amide bonds. The standard InChI is InChI=1S/C20H19NO6S/c1-3-26-20(23)18-17(15-7-5-6-8-16(15)27-18)21-19(22)13-9-11-14(12-10-13)28(24,25)4-2/h5-12H,3-4H2,1-2H3,(H,21,22). The number of nitrogens with one attached hydrogen (secondary N) is 1. The molecule has 3 rings (SSSR count). The maximum Gasteiger partial charge on any atom is 0.376 e. The van der Waals surface area contributed by atoms with Crippen LogP contribution in [0.15, 0.2) is 57.8 Å². The minimum Gasteiger partial charge on any atom is -0.460 e. The van der Waals surface area contributed by atoms with Crippen molar-refractivity contribution in [3.63, 3.8) is 0 Å². The van der Waals surface area contributed by atoms with E-state index in [0.29, 0.717) is 11.0 Å². The molecule has 0 spiro atoms. The fraction of sp³-hybridized carbons (Fsp3) is 0.200. The normalized spacial score (nSPS) is 11.4. The Balaban J connectivity index is 1.95. The lowest BCUT2D eigenvalue weighted by Gasteiger charge is -2.07. The average molecular weight is 401 g/mol. The number of benzene rings is 2. The second kappa shape index (κ2) is 7.85. The Labute approximate surface area is 162 Å². The number of anilines is 1. The highest BCUT2D eigenvalue weighted by molar-refractivity contribution is 7.91. The number of carbonyl (C=O) groups excluding carboxylic acids is 2. The van der Waals surface area contributed by atoms with Gasteiger partial charge in [0.05, 0.1) is 17.3 Å². The molecule has 0 aliphatic rings. The lowest BCUT2D eigenvalue weighted by atomic mass is 10.2. The van der Waals surface area contributed by atoms with Crippen LogP contribution >= 0.6 is 0 Å². The fourth-order valence-electron chi connectivity index (χ4n) is 2.68. The van der Waals surface area contributed by atoms with Gasteiger partial charge in [-0.3, -0.25) is 4.79 Å². The molecule has 0 aliphatic heterocycles. The summed E-state index contributed by atoms with van der Waals surface area (Å²) in [6.45, 7) is 3.39. The molecule has 0 saturated heterocycles. The van der Waals surface area contributed by atoms with Crippen LogP contribution in [-0.4, -0.2) is 32.7 Å². The molecule has 1 aromatic heterocycles. The first-order valence-corrected chi connectivity index (χ1v) is 10.4. The average Bonchev–Trinajstić information content (AvgIpc) is 3.07. The Hall–Kier alpha value is -3.13. The van der Waals surface area contributed by atoms with Crippen LogP contribution in [0.4, 0.5) is 5.69 Å². The molecule has 2 aromatic carbocycles. The van der Waals surface area contributed by atoms with Crippen molar-refractivity contribution in [3.05, 3.63) is 59.9 Å². The van der Waals surface area contributed by atoms with Crippen LogP contribution in [-0.2, 0) is 14.6 Å². The van der Waals surface area contributed by atoms with Crippen molar-refractivity contribution in [3.8, 4) is 0 Å². The van der Waals surface area contributed by atoms with Gasteiger partial charge in [-0.25, -0.2) is 13.2 Å². The van der Waals surface area contributed by atoms with Gasteiger partial charge in [0.2, 0.25) is 5.76 Å². The van der Waals surface area contributed by atoms with Crippen molar-refractivity contribution in [1.29, 1.82) is 0 Å². The third-order valence-corrected chi connectivity index (χ3v) is 5.90. The van der Waals surface area contributed by atoms with E-state index in [1.165, 1.54) is 24.3 Å². The Morgan fingerprint density at radius 1 is 1.04 bits per heavy atom. The van der Waals surface area contributed by atoms with Gasteiger partial charge >= 0.3 is 5.97 Å². The van der Waals surface area contributed by atoms with Crippen molar-refractivity contribution in [2.24, 2.45) is 0 Å². The Kier molecular flexibility index (Phi) is 5.51. The topological polar surface area (TPSA) is 103 Å². The van der Waals surface area contributed by atoms with Crippen LogP contribution in [0.1, 0.15) is 34.8 Å². The summed E-state index contributed by atoms with van der Waals surface area (Å²) in [5.74, 6) is -1.31. The van der Waals surface area contributed by atoms with E-state index in [9.17, 15) is 18.0 Å². The summed E-state index contributed by atoms with van der Waals surface area (Å²) in [5.41, 5.74) is 0.893. The molecule has 8 heteroatoms. The summed E-state index contributed by atoms with van der Waals surface area (Å²) in [4.78, 5) is 25.0. The van der Waals surface area contributed by atoms with Gasteiger partial charge in [-0.1, -0.05) is 19.1 Å². The molecule has 0 radical (unpaired) electrons. The molecule has 0 unspecified atom stereocenters. The molecular formula is C20H19NO6S. The van der Waals surface area contributed by atoms with E-state index >= 15 is 0 Å². The van der Waals surface area contributed by atoms with Gasteiger partial charge in [0.25, 0.3) is 5.91 Å². The molecule has 0 atom stereocenters. The van der Waals surface area contributed by atoms with Crippen molar-refractivity contribution >= 4 is 38.4 Å². The number of esters is 1. The smallest absolute Gasteiger partial charge is 0.376 e. The number of fused-ring (bicyclic) bond motifs is 1. The van der Waals surface area contributed by atoms with Gasteiger partial charge in [0.15, 0.2) is 9.84 Å². The van der Waals surface area contributed by atoms with Crippen LogP contribution in [0.5, 0.6) is 0 Å². The van der Waals surface area contributed by atoms with Gasteiger partial charge < -0.3 is 14.5 Å². The molecule has 0 fully saturated rings. The zero-order chi connectivity index (χ0) is 20.3. The van der Waals surface area contributed by atoms with Gasteiger partial charge in [-0.2, -0.15) is 0 Å². The number of para-hydroxylation sites is 1. The zero-order valence-electron chi connectivity index (χ0n) is 15.4. The first kappa shape index (κ1) is 19.6. The van der Waals surface area contributed by atoms with E-state index in [-0.39, 0.29) is 34.3 Å². The second-order valence-electron chi connectivity index (χ2n) is 5.90. The lowest BCUT2D eigenvalue weighted by Crippen LogP contribution is -2.15.